The smallest absolute Gasteiger partial charge is 0.226 e. The molecule has 0 radical (unpaired) electrons. The van der Waals surface area contributed by atoms with Crippen LogP contribution in [-0.2, 0) is 11.2 Å². The van der Waals surface area contributed by atoms with Gasteiger partial charge in [-0.05, 0) is 30.5 Å². The van der Waals surface area contributed by atoms with E-state index in [2.05, 4.69) is 0 Å². The maximum absolute atomic E-state index is 12.9. The molecular formula is C12H14FNO. The fourth-order valence-corrected chi connectivity index (χ4v) is 1.90. The maximum Gasteiger partial charge on any atom is 0.226 e. The van der Waals surface area contributed by atoms with Crippen molar-refractivity contribution in [3.63, 3.8) is 0 Å². The largest absolute Gasteiger partial charge is 0.342 e. The normalized spacial score (nSPS) is 15.7. The summed E-state index contributed by atoms with van der Waals surface area (Å²) in [6.07, 6.45) is 2.50. The fourth-order valence-electron chi connectivity index (χ4n) is 1.90. The molecule has 80 valence electrons. The first-order chi connectivity index (χ1) is 7.25. The first-order valence-electron chi connectivity index (χ1n) is 5.28. The Kier molecular flexibility index (Phi) is 2.99. The molecule has 1 aromatic rings. The van der Waals surface area contributed by atoms with E-state index in [4.69, 9.17) is 0 Å². The van der Waals surface area contributed by atoms with E-state index in [1.165, 1.54) is 12.1 Å². The van der Waals surface area contributed by atoms with Crippen molar-refractivity contribution >= 4 is 5.91 Å². The van der Waals surface area contributed by atoms with Crippen molar-refractivity contribution < 1.29 is 9.18 Å². The monoisotopic (exact) mass is 207 g/mol. The lowest BCUT2D eigenvalue weighted by molar-refractivity contribution is -0.129. The summed E-state index contributed by atoms with van der Waals surface area (Å²) in [7, 11) is 0. The van der Waals surface area contributed by atoms with Crippen LogP contribution in [0.15, 0.2) is 24.3 Å². The summed E-state index contributed by atoms with van der Waals surface area (Å²) in [4.78, 5) is 13.6. The number of carbonyl (C=O) groups excluding carboxylic acids is 1. The van der Waals surface area contributed by atoms with Crippen LogP contribution in [0.25, 0.3) is 0 Å². The summed E-state index contributed by atoms with van der Waals surface area (Å²) in [6, 6.07) is 6.25. The average Bonchev–Trinajstić information content (AvgIpc) is 2.70. The quantitative estimate of drug-likeness (QED) is 0.726. The number of rotatable bonds is 2. The van der Waals surface area contributed by atoms with Crippen LogP contribution >= 0.6 is 0 Å². The van der Waals surface area contributed by atoms with Gasteiger partial charge in [-0.3, -0.25) is 4.79 Å². The van der Waals surface area contributed by atoms with Gasteiger partial charge in [0.25, 0.3) is 0 Å². The van der Waals surface area contributed by atoms with E-state index < -0.39 is 0 Å². The topological polar surface area (TPSA) is 20.3 Å². The van der Waals surface area contributed by atoms with Crippen molar-refractivity contribution in [1.29, 1.82) is 0 Å². The molecule has 0 saturated carbocycles. The highest BCUT2D eigenvalue weighted by molar-refractivity contribution is 5.78. The minimum atomic E-state index is -0.276. The van der Waals surface area contributed by atoms with E-state index in [-0.39, 0.29) is 11.7 Å². The van der Waals surface area contributed by atoms with E-state index in [0.29, 0.717) is 6.42 Å². The second-order valence-corrected chi connectivity index (χ2v) is 3.89. The summed E-state index contributed by atoms with van der Waals surface area (Å²) < 4.78 is 12.9. The van der Waals surface area contributed by atoms with Gasteiger partial charge in [-0.2, -0.15) is 0 Å². The number of halogens is 1. The Bertz CT molecular complexity index is 358. The minimum Gasteiger partial charge on any atom is -0.342 e. The van der Waals surface area contributed by atoms with Crippen LogP contribution in [0.4, 0.5) is 4.39 Å². The van der Waals surface area contributed by atoms with Crippen LogP contribution in [0.1, 0.15) is 18.4 Å². The van der Waals surface area contributed by atoms with Gasteiger partial charge in [-0.25, -0.2) is 4.39 Å². The Hall–Kier alpha value is -1.38. The molecule has 1 aliphatic heterocycles. The molecule has 2 nitrogen and oxygen atoms in total. The van der Waals surface area contributed by atoms with E-state index in [9.17, 15) is 9.18 Å². The Labute approximate surface area is 88.7 Å². The summed E-state index contributed by atoms with van der Waals surface area (Å²) in [5.74, 6) is -0.167. The average molecular weight is 207 g/mol. The highest BCUT2D eigenvalue weighted by Crippen LogP contribution is 2.11. The van der Waals surface area contributed by atoms with Crippen molar-refractivity contribution in [3.8, 4) is 0 Å². The molecule has 0 spiro atoms. The maximum atomic E-state index is 12.9. The summed E-state index contributed by atoms with van der Waals surface area (Å²) in [5.41, 5.74) is 0.756. The van der Waals surface area contributed by atoms with Crippen molar-refractivity contribution in [3.05, 3.63) is 35.6 Å². The number of hydrogen-bond acceptors (Lipinski definition) is 1. The standard InChI is InChI=1S/C12H14FNO/c13-11-5-3-4-10(8-11)9-12(15)14-6-1-2-7-14/h3-5,8H,1-2,6-7,9H2. The predicted molar refractivity (Wildman–Crippen MR) is 55.9 cm³/mol. The van der Waals surface area contributed by atoms with Gasteiger partial charge < -0.3 is 4.90 Å². The fraction of sp³-hybridized carbons (Fsp3) is 0.417. The number of carbonyl (C=O) groups is 1. The van der Waals surface area contributed by atoms with Crippen LogP contribution in [-0.4, -0.2) is 23.9 Å². The number of benzene rings is 1. The summed E-state index contributed by atoms with van der Waals surface area (Å²) in [6.45, 7) is 1.71. The molecule has 0 atom stereocenters. The Morgan fingerprint density at radius 1 is 1.33 bits per heavy atom. The number of nitrogens with zero attached hydrogens (tertiary/aromatic N) is 1. The molecule has 1 fully saturated rings. The molecule has 1 saturated heterocycles. The highest BCUT2D eigenvalue weighted by atomic mass is 19.1. The van der Waals surface area contributed by atoms with Crippen molar-refractivity contribution in [2.75, 3.05) is 13.1 Å². The van der Waals surface area contributed by atoms with E-state index in [0.717, 1.165) is 31.5 Å². The Morgan fingerprint density at radius 2 is 2.07 bits per heavy atom. The number of likely N-dealkylation sites (tertiary alicyclic amines) is 1. The van der Waals surface area contributed by atoms with E-state index >= 15 is 0 Å². The van der Waals surface area contributed by atoms with Crippen molar-refractivity contribution in [1.82, 2.24) is 4.90 Å². The van der Waals surface area contributed by atoms with Gasteiger partial charge in [0.2, 0.25) is 5.91 Å². The molecule has 0 aliphatic carbocycles. The molecule has 2 rings (SSSR count). The van der Waals surface area contributed by atoms with Crippen molar-refractivity contribution in [2.45, 2.75) is 19.3 Å². The van der Waals surface area contributed by atoms with Crippen LogP contribution in [0.2, 0.25) is 0 Å². The second kappa shape index (κ2) is 4.43. The van der Waals surface area contributed by atoms with Crippen LogP contribution in [0, 0.1) is 5.82 Å². The first-order valence-corrected chi connectivity index (χ1v) is 5.28. The number of amides is 1. The molecule has 15 heavy (non-hydrogen) atoms. The molecule has 3 heteroatoms. The first kappa shape index (κ1) is 10.1. The molecular weight excluding hydrogens is 193 g/mol. The molecule has 1 aliphatic rings. The lowest BCUT2D eigenvalue weighted by atomic mass is 10.1. The Morgan fingerprint density at radius 3 is 2.73 bits per heavy atom. The molecule has 0 bridgehead atoms. The van der Waals surface area contributed by atoms with Gasteiger partial charge in [-0.15, -0.1) is 0 Å². The minimum absolute atomic E-state index is 0.109. The zero-order valence-corrected chi connectivity index (χ0v) is 8.58. The van der Waals surface area contributed by atoms with Crippen LogP contribution in [0.3, 0.4) is 0 Å². The molecule has 1 amide bonds. The molecule has 0 aromatic heterocycles. The molecule has 0 N–H and O–H groups in total. The van der Waals surface area contributed by atoms with Gasteiger partial charge in [0, 0.05) is 13.1 Å². The molecule has 1 heterocycles. The number of hydrogen-bond donors (Lipinski definition) is 0. The third-order valence-electron chi connectivity index (χ3n) is 2.70. The zero-order valence-electron chi connectivity index (χ0n) is 8.58. The Balaban J connectivity index is 1.99. The third-order valence-corrected chi connectivity index (χ3v) is 2.70. The van der Waals surface area contributed by atoms with Gasteiger partial charge >= 0.3 is 0 Å². The second-order valence-electron chi connectivity index (χ2n) is 3.89. The third kappa shape index (κ3) is 2.55. The van der Waals surface area contributed by atoms with Gasteiger partial charge in [-0.1, -0.05) is 12.1 Å². The molecule has 0 unspecified atom stereocenters. The predicted octanol–water partition coefficient (Wildman–Crippen LogP) is 1.99. The van der Waals surface area contributed by atoms with Crippen LogP contribution < -0.4 is 0 Å². The van der Waals surface area contributed by atoms with E-state index in [1.54, 1.807) is 12.1 Å². The zero-order chi connectivity index (χ0) is 10.7. The molecule has 1 aromatic carbocycles. The lowest BCUT2D eigenvalue weighted by Gasteiger charge is -2.14. The lowest BCUT2D eigenvalue weighted by Crippen LogP contribution is -2.29. The van der Waals surface area contributed by atoms with E-state index in [1.807, 2.05) is 4.90 Å². The highest BCUT2D eigenvalue weighted by Gasteiger charge is 2.17. The van der Waals surface area contributed by atoms with Gasteiger partial charge in [0.15, 0.2) is 0 Å². The van der Waals surface area contributed by atoms with Crippen LogP contribution in [0.5, 0.6) is 0 Å². The SMILES string of the molecule is O=C(Cc1cccc(F)c1)N1CCCC1. The summed E-state index contributed by atoms with van der Waals surface area (Å²) in [5, 5.41) is 0. The van der Waals surface area contributed by atoms with Crippen molar-refractivity contribution in [2.24, 2.45) is 0 Å². The van der Waals surface area contributed by atoms with Gasteiger partial charge in [0.1, 0.15) is 5.82 Å². The summed E-state index contributed by atoms with van der Waals surface area (Å²) >= 11 is 0. The van der Waals surface area contributed by atoms with Gasteiger partial charge in [0.05, 0.1) is 6.42 Å².